The van der Waals surface area contributed by atoms with Crippen molar-refractivity contribution in [2.24, 2.45) is 5.92 Å². The van der Waals surface area contributed by atoms with Crippen LogP contribution in [0.1, 0.15) is 49.0 Å². The molecular formula is C18H22N2O2. The Morgan fingerprint density at radius 2 is 2.05 bits per heavy atom. The molecule has 2 N–H and O–H groups in total. The fourth-order valence-electron chi connectivity index (χ4n) is 3.37. The van der Waals surface area contributed by atoms with Crippen molar-refractivity contribution in [2.45, 2.75) is 44.6 Å². The number of aldehydes is 1. The number of H-pyrrole nitrogens is 1. The van der Waals surface area contributed by atoms with Gasteiger partial charge in [0.2, 0.25) is 0 Å². The fraction of sp³-hybridized carbons (Fsp3) is 0.444. The molecule has 1 aliphatic rings. The molecule has 116 valence electrons. The summed E-state index contributed by atoms with van der Waals surface area (Å²) in [5.74, 6) is 0.357. The zero-order valence-electron chi connectivity index (χ0n) is 12.7. The Labute approximate surface area is 130 Å². The van der Waals surface area contributed by atoms with Gasteiger partial charge in [-0.3, -0.25) is 4.79 Å². The molecule has 1 aliphatic carbocycles. The van der Waals surface area contributed by atoms with Gasteiger partial charge in [0.1, 0.15) is 12.0 Å². The van der Waals surface area contributed by atoms with E-state index in [0.717, 1.165) is 23.6 Å². The number of hydrogen-bond acceptors (Lipinski definition) is 2. The molecule has 1 aromatic carbocycles. The molecule has 0 aliphatic heterocycles. The minimum Gasteiger partial charge on any atom is -0.351 e. The third-order valence-corrected chi connectivity index (χ3v) is 4.57. The van der Waals surface area contributed by atoms with Crippen LogP contribution < -0.4 is 5.32 Å². The van der Waals surface area contributed by atoms with Crippen molar-refractivity contribution < 1.29 is 9.59 Å². The van der Waals surface area contributed by atoms with Crippen LogP contribution in [0, 0.1) is 5.92 Å². The van der Waals surface area contributed by atoms with Crippen LogP contribution in [0.3, 0.4) is 0 Å². The summed E-state index contributed by atoms with van der Waals surface area (Å²) in [5.41, 5.74) is 1.44. The van der Waals surface area contributed by atoms with Crippen LogP contribution in [0.25, 0.3) is 10.9 Å². The second kappa shape index (κ2) is 6.77. The topological polar surface area (TPSA) is 62.0 Å². The van der Waals surface area contributed by atoms with E-state index in [1.165, 1.54) is 32.1 Å². The van der Waals surface area contributed by atoms with Crippen LogP contribution in [0.2, 0.25) is 0 Å². The number of carbonyl (C=O) groups excluding carboxylic acids is 2. The van der Waals surface area contributed by atoms with Crippen molar-refractivity contribution in [1.29, 1.82) is 0 Å². The van der Waals surface area contributed by atoms with E-state index in [9.17, 15) is 9.59 Å². The maximum absolute atomic E-state index is 12.3. The summed E-state index contributed by atoms with van der Waals surface area (Å²) >= 11 is 0. The number of para-hydroxylation sites is 1. The molecule has 0 unspecified atom stereocenters. The van der Waals surface area contributed by atoms with E-state index >= 15 is 0 Å². The first-order chi connectivity index (χ1) is 10.8. The minimum atomic E-state index is -0.387. The maximum Gasteiger partial charge on any atom is 0.268 e. The molecular weight excluding hydrogens is 276 g/mol. The molecule has 2 aromatic rings. The zero-order chi connectivity index (χ0) is 15.4. The van der Waals surface area contributed by atoms with Gasteiger partial charge in [-0.1, -0.05) is 50.3 Å². The van der Waals surface area contributed by atoms with Crippen LogP contribution in [-0.4, -0.2) is 23.2 Å². The standard InChI is InChI=1S/C18H22N2O2/c21-12-15(10-13-6-2-1-3-7-13)19-18(22)17-11-14-8-4-5-9-16(14)20-17/h4-5,8-9,11-13,15,20H,1-3,6-7,10H2,(H,19,22)/t15-/m0/s1. The molecule has 4 nitrogen and oxygen atoms in total. The molecule has 0 bridgehead atoms. The van der Waals surface area contributed by atoms with Gasteiger partial charge in [-0.25, -0.2) is 0 Å². The lowest BCUT2D eigenvalue weighted by molar-refractivity contribution is -0.109. The van der Waals surface area contributed by atoms with E-state index in [1.807, 2.05) is 30.3 Å². The molecule has 0 spiro atoms. The van der Waals surface area contributed by atoms with Crippen LogP contribution in [0.5, 0.6) is 0 Å². The molecule has 4 heteroatoms. The van der Waals surface area contributed by atoms with Crippen LogP contribution in [0.15, 0.2) is 30.3 Å². The van der Waals surface area contributed by atoms with Gasteiger partial charge in [0.05, 0.1) is 6.04 Å². The van der Waals surface area contributed by atoms with Crippen molar-refractivity contribution in [3.63, 3.8) is 0 Å². The number of amides is 1. The average Bonchev–Trinajstić information content (AvgIpc) is 2.99. The quantitative estimate of drug-likeness (QED) is 0.831. The number of fused-ring (bicyclic) bond motifs is 1. The number of aromatic amines is 1. The van der Waals surface area contributed by atoms with Gasteiger partial charge in [-0.2, -0.15) is 0 Å². The summed E-state index contributed by atoms with van der Waals surface area (Å²) in [6.07, 6.45) is 7.76. The highest BCUT2D eigenvalue weighted by Crippen LogP contribution is 2.27. The van der Waals surface area contributed by atoms with Crippen LogP contribution >= 0.6 is 0 Å². The smallest absolute Gasteiger partial charge is 0.268 e. The summed E-state index contributed by atoms with van der Waals surface area (Å²) in [7, 11) is 0. The van der Waals surface area contributed by atoms with Gasteiger partial charge in [0.15, 0.2) is 0 Å². The van der Waals surface area contributed by atoms with Crippen molar-refractivity contribution in [3.05, 3.63) is 36.0 Å². The van der Waals surface area contributed by atoms with E-state index in [-0.39, 0.29) is 11.9 Å². The molecule has 1 heterocycles. The third kappa shape index (κ3) is 3.38. The number of nitrogens with one attached hydrogen (secondary N) is 2. The Kier molecular flexibility index (Phi) is 4.56. The first-order valence-electron chi connectivity index (χ1n) is 8.10. The molecule has 0 saturated heterocycles. The molecule has 0 radical (unpaired) electrons. The van der Waals surface area contributed by atoms with Gasteiger partial charge < -0.3 is 15.1 Å². The molecule has 1 aromatic heterocycles. The highest BCUT2D eigenvalue weighted by molar-refractivity contribution is 5.98. The van der Waals surface area contributed by atoms with Crippen molar-refractivity contribution in [2.75, 3.05) is 0 Å². The molecule has 3 rings (SSSR count). The Balaban J connectivity index is 1.64. The molecule has 22 heavy (non-hydrogen) atoms. The fourth-order valence-corrected chi connectivity index (χ4v) is 3.37. The number of benzene rings is 1. The summed E-state index contributed by atoms with van der Waals surface area (Å²) in [5, 5.41) is 3.86. The van der Waals surface area contributed by atoms with Crippen molar-refractivity contribution in [3.8, 4) is 0 Å². The Bertz CT molecular complexity index is 623. The van der Waals surface area contributed by atoms with E-state index in [0.29, 0.717) is 11.6 Å². The Morgan fingerprint density at radius 1 is 1.27 bits per heavy atom. The lowest BCUT2D eigenvalue weighted by Gasteiger charge is -2.24. The number of rotatable bonds is 5. The molecule has 1 atom stereocenters. The van der Waals surface area contributed by atoms with Gasteiger partial charge >= 0.3 is 0 Å². The summed E-state index contributed by atoms with van der Waals surface area (Å²) in [6.45, 7) is 0. The Hall–Kier alpha value is -2.10. The van der Waals surface area contributed by atoms with Gasteiger partial charge in [-0.15, -0.1) is 0 Å². The predicted octanol–water partition coefficient (Wildman–Crippen LogP) is 3.44. The molecule has 1 saturated carbocycles. The van der Waals surface area contributed by atoms with Crippen molar-refractivity contribution >= 4 is 23.1 Å². The minimum absolute atomic E-state index is 0.205. The van der Waals surface area contributed by atoms with E-state index in [4.69, 9.17) is 0 Å². The van der Waals surface area contributed by atoms with Gasteiger partial charge in [-0.05, 0) is 24.5 Å². The summed E-state index contributed by atoms with van der Waals surface area (Å²) < 4.78 is 0. The lowest BCUT2D eigenvalue weighted by atomic mass is 9.85. The van der Waals surface area contributed by atoms with E-state index in [2.05, 4.69) is 10.3 Å². The van der Waals surface area contributed by atoms with E-state index in [1.54, 1.807) is 0 Å². The van der Waals surface area contributed by atoms with Crippen LogP contribution in [0.4, 0.5) is 0 Å². The maximum atomic E-state index is 12.3. The Morgan fingerprint density at radius 3 is 2.77 bits per heavy atom. The highest BCUT2D eigenvalue weighted by Gasteiger charge is 2.21. The average molecular weight is 298 g/mol. The number of aromatic nitrogens is 1. The first-order valence-corrected chi connectivity index (χ1v) is 8.10. The second-order valence-electron chi connectivity index (χ2n) is 6.23. The molecule has 1 fully saturated rings. The van der Waals surface area contributed by atoms with E-state index < -0.39 is 0 Å². The predicted molar refractivity (Wildman–Crippen MR) is 86.8 cm³/mol. The normalized spacial score (nSPS) is 17.3. The highest BCUT2D eigenvalue weighted by atomic mass is 16.2. The second-order valence-corrected chi connectivity index (χ2v) is 6.23. The largest absolute Gasteiger partial charge is 0.351 e. The van der Waals surface area contributed by atoms with Gasteiger partial charge in [0, 0.05) is 10.9 Å². The molecule has 1 amide bonds. The third-order valence-electron chi connectivity index (χ3n) is 4.57. The van der Waals surface area contributed by atoms with Crippen LogP contribution in [-0.2, 0) is 4.79 Å². The summed E-state index contributed by atoms with van der Waals surface area (Å²) in [4.78, 5) is 26.7. The first kappa shape index (κ1) is 14.8. The number of hydrogen-bond donors (Lipinski definition) is 2. The SMILES string of the molecule is O=C[C@H](CC1CCCCC1)NC(=O)c1cc2ccccc2[nH]1. The number of carbonyl (C=O) groups is 2. The monoisotopic (exact) mass is 298 g/mol. The summed E-state index contributed by atoms with van der Waals surface area (Å²) in [6, 6.07) is 9.20. The lowest BCUT2D eigenvalue weighted by Crippen LogP contribution is -2.37. The zero-order valence-corrected chi connectivity index (χ0v) is 12.7. The van der Waals surface area contributed by atoms with Crippen molar-refractivity contribution in [1.82, 2.24) is 10.3 Å². The van der Waals surface area contributed by atoms with Gasteiger partial charge in [0.25, 0.3) is 5.91 Å².